The minimum absolute atomic E-state index is 0.0379. The number of fused-ring (bicyclic) bond motifs is 1. The number of likely N-dealkylation sites (tertiary alicyclic amines) is 2. The Balaban J connectivity index is 1.38. The van der Waals surface area contributed by atoms with Gasteiger partial charge in [0.1, 0.15) is 17.7 Å². The van der Waals surface area contributed by atoms with Gasteiger partial charge in [-0.25, -0.2) is 9.37 Å². The van der Waals surface area contributed by atoms with Crippen LogP contribution in [0.1, 0.15) is 47.9 Å². The highest BCUT2D eigenvalue weighted by Crippen LogP contribution is 2.34. The molecule has 8 heteroatoms. The summed E-state index contributed by atoms with van der Waals surface area (Å²) in [6.45, 7) is 1.18. The van der Waals surface area contributed by atoms with Gasteiger partial charge in [0, 0.05) is 24.8 Å². The molecule has 2 amide bonds. The van der Waals surface area contributed by atoms with Crippen molar-refractivity contribution in [3.8, 4) is 0 Å². The maximum absolute atomic E-state index is 13.5. The summed E-state index contributed by atoms with van der Waals surface area (Å²) in [5, 5.41) is 0. The molecule has 2 atom stereocenters. The van der Waals surface area contributed by atoms with Crippen molar-refractivity contribution in [1.82, 2.24) is 24.8 Å². The minimum atomic E-state index is -0.491. The molecule has 0 saturated carbocycles. The molecule has 1 aromatic carbocycles. The molecule has 2 unspecified atom stereocenters. The second-order valence-corrected chi connectivity index (χ2v) is 7.87. The van der Waals surface area contributed by atoms with Crippen LogP contribution in [0.5, 0.6) is 0 Å². The number of halogens is 1. The van der Waals surface area contributed by atoms with Crippen molar-refractivity contribution in [2.75, 3.05) is 13.1 Å². The molecule has 4 heterocycles. The first-order valence-corrected chi connectivity index (χ1v) is 10.3. The van der Waals surface area contributed by atoms with Crippen LogP contribution in [0.2, 0.25) is 0 Å². The molecular weight excluding hydrogens is 385 g/mol. The van der Waals surface area contributed by atoms with Crippen LogP contribution in [-0.4, -0.2) is 55.7 Å². The molecule has 1 N–H and O–H groups in total. The van der Waals surface area contributed by atoms with E-state index in [-0.39, 0.29) is 23.7 Å². The van der Waals surface area contributed by atoms with E-state index in [4.69, 9.17) is 0 Å². The summed E-state index contributed by atoms with van der Waals surface area (Å²) in [5.41, 5.74) is 2.08. The Morgan fingerprint density at radius 2 is 1.80 bits per heavy atom. The van der Waals surface area contributed by atoms with Gasteiger partial charge in [0.05, 0.1) is 23.3 Å². The van der Waals surface area contributed by atoms with Gasteiger partial charge in [0.15, 0.2) is 0 Å². The third-order valence-corrected chi connectivity index (χ3v) is 6.04. The molecule has 0 radical (unpaired) electrons. The zero-order valence-corrected chi connectivity index (χ0v) is 16.4. The zero-order chi connectivity index (χ0) is 20.7. The van der Waals surface area contributed by atoms with Crippen molar-refractivity contribution in [1.29, 1.82) is 0 Å². The van der Waals surface area contributed by atoms with Crippen LogP contribution in [0.15, 0.2) is 42.7 Å². The molecule has 2 aromatic heterocycles. The largest absolute Gasteiger partial charge is 0.339 e. The third-order valence-electron chi connectivity index (χ3n) is 6.04. The molecule has 2 aliphatic heterocycles. The number of H-pyrrole nitrogens is 1. The van der Waals surface area contributed by atoms with E-state index in [2.05, 4.69) is 15.0 Å². The summed E-state index contributed by atoms with van der Waals surface area (Å²) in [7, 11) is 0. The van der Waals surface area contributed by atoms with Crippen LogP contribution in [0.3, 0.4) is 0 Å². The Kier molecular flexibility index (Phi) is 4.69. The summed E-state index contributed by atoms with van der Waals surface area (Å²) in [6, 6.07) is 6.70. The molecule has 154 valence electrons. The standard InChI is InChI=1S/C22H22FN5O2/c23-15-7-5-14(6-8-15)21(29)28-12-2-4-19(28)22(30)27-11-1-3-18(27)20-25-16-9-10-24-13-17(16)26-20/h5-10,13,18-19H,1-4,11-12H2,(H,25,26). The Bertz CT molecular complexity index is 1060. The van der Waals surface area contributed by atoms with Crippen LogP contribution in [0.25, 0.3) is 11.0 Å². The van der Waals surface area contributed by atoms with Gasteiger partial charge in [0.2, 0.25) is 5.91 Å². The van der Waals surface area contributed by atoms with Crippen molar-refractivity contribution in [2.24, 2.45) is 0 Å². The van der Waals surface area contributed by atoms with Crippen molar-refractivity contribution in [3.05, 3.63) is 59.9 Å². The van der Waals surface area contributed by atoms with Gasteiger partial charge in [-0.1, -0.05) is 0 Å². The molecule has 0 bridgehead atoms. The number of imidazole rings is 1. The van der Waals surface area contributed by atoms with E-state index in [0.717, 1.165) is 36.1 Å². The van der Waals surface area contributed by atoms with Crippen molar-refractivity contribution < 1.29 is 14.0 Å². The molecule has 2 fully saturated rings. The van der Waals surface area contributed by atoms with Gasteiger partial charge >= 0.3 is 0 Å². The van der Waals surface area contributed by atoms with E-state index in [1.807, 2.05) is 11.0 Å². The Morgan fingerprint density at radius 3 is 2.60 bits per heavy atom. The fourth-order valence-corrected chi connectivity index (χ4v) is 4.57. The molecule has 5 rings (SSSR count). The molecule has 2 saturated heterocycles. The van der Waals surface area contributed by atoms with Crippen LogP contribution >= 0.6 is 0 Å². The Morgan fingerprint density at radius 1 is 1.03 bits per heavy atom. The number of nitrogens with one attached hydrogen (secondary N) is 1. The number of rotatable bonds is 3. The number of nitrogens with zero attached hydrogens (tertiary/aromatic N) is 4. The molecule has 0 aliphatic carbocycles. The lowest BCUT2D eigenvalue weighted by atomic mass is 10.1. The van der Waals surface area contributed by atoms with E-state index in [0.29, 0.717) is 25.1 Å². The number of amides is 2. The van der Waals surface area contributed by atoms with Gasteiger partial charge in [0.25, 0.3) is 5.91 Å². The highest BCUT2D eigenvalue weighted by atomic mass is 19.1. The number of hydrogen-bond acceptors (Lipinski definition) is 4. The SMILES string of the molecule is O=C(c1ccc(F)cc1)N1CCCC1C(=O)N1CCCC1c1nc2ccncc2[nH]1. The summed E-state index contributed by atoms with van der Waals surface area (Å²) >= 11 is 0. The van der Waals surface area contributed by atoms with E-state index < -0.39 is 6.04 Å². The second kappa shape index (κ2) is 7.51. The van der Waals surface area contributed by atoms with E-state index in [9.17, 15) is 14.0 Å². The average Bonchev–Trinajstić information content (AvgIpc) is 3.51. The van der Waals surface area contributed by atoms with Gasteiger partial charge < -0.3 is 14.8 Å². The predicted molar refractivity (Wildman–Crippen MR) is 108 cm³/mol. The van der Waals surface area contributed by atoms with Gasteiger partial charge in [-0.2, -0.15) is 0 Å². The fourth-order valence-electron chi connectivity index (χ4n) is 4.57. The van der Waals surface area contributed by atoms with E-state index in [1.165, 1.54) is 24.3 Å². The lowest BCUT2D eigenvalue weighted by molar-refractivity contribution is -0.136. The number of aromatic nitrogens is 3. The highest BCUT2D eigenvalue weighted by molar-refractivity contribution is 5.98. The lowest BCUT2D eigenvalue weighted by Crippen LogP contribution is -2.47. The van der Waals surface area contributed by atoms with Crippen LogP contribution in [0.4, 0.5) is 4.39 Å². The topological polar surface area (TPSA) is 82.2 Å². The maximum Gasteiger partial charge on any atom is 0.254 e. The van der Waals surface area contributed by atoms with E-state index in [1.54, 1.807) is 17.3 Å². The quantitative estimate of drug-likeness (QED) is 0.723. The van der Waals surface area contributed by atoms with Gasteiger partial charge in [-0.05, 0) is 56.0 Å². The second-order valence-electron chi connectivity index (χ2n) is 7.87. The maximum atomic E-state index is 13.5. The smallest absolute Gasteiger partial charge is 0.254 e. The Labute approximate surface area is 172 Å². The molecule has 30 heavy (non-hydrogen) atoms. The fraction of sp³-hybridized carbons (Fsp3) is 0.364. The molecule has 0 spiro atoms. The monoisotopic (exact) mass is 407 g/mol. The summed E-state index contributed by atoms with van der Waals surface area (Å²) in [6.07, 6.45) is 6.56. The molecule has 3 aromatic rings. The number of hydrogen-bond donors (Lipinski definition) is 1. The van der Waals surface area contributed by atoms with Crippen molar-refractivity contribution >= 4 is 22.8 Å². The number of aromatic amines is 1. The lowest BCUT2D eigenvalue weighted by Gasteiger charge is -2.31. The third kappa shape index (κ3) is 3.22. The number of pyridine rings is 1. The zero-order valence-electron chi connectivity index (χ0n) is 16.4. The first-order chi connectivity index (χ1) is 14.6. The van der Waals surface area contributed by atoms with Crippen molar-refractivity contribution in [3.63, 3.8) is 0 Å². The van der Waals surface area contributed by atoms with Gasteiger partial charge in [-0.3, -0.25) is 14.6 Å². The van der Waals surface area contributed by atoms with Crippen LogP contribution < -0.4 is 0 Å². The number of carbonyl (C=O) groups excluding carboxylic acids is 2. The average molecular weight is 407 g/mol. The summed E-state index contributed by atoms with van der Waals surface area (Å²) in [4.78, 5) is 42.0. The predicted octanol–water partition coefficient (Wildman–Crippen LogP) is 3.07. The molecule has 7 nitrogen and oxygen atoms in total. The molecular formula is C22H22FN5O2. The summed E-state index contributed by atoms with van der Waals surface area (Å²) in [5.74, 6) is 0.111. The molecule has 2 aliphatic rings. The summed E-state index contributed by atoms with van der Waals surface area (Å²) < 4.78 is 13.2. The van der Waals surface area contributed by atoms with Gasteiger partial charge in [-0.15, -0.1) is 0 Å². The number of benzene rings is 1. The highest BCUT2D eigenvalue weighted by Gasteiger charge is 2.41. The first kappa shape index (κ1) is 18.7. The normalized spacial score (nSPS) is 21.5. The van der Waals surface area contributed by atoms with Crippen molar-refractivity contribution in [2.45, 2.75) is 37.8 Å². The Hall–Kier alpha value is -3.29. The van der Waals surface area contributed by atoms with E-state index >= 15 is 0 Å². The van der Waals surface area contributed by atoms with Crippen LogP contribution in [0, 0.1) is 5.82 Å². The minimum Gasteiger partial charge on any atom is -0.339 e. The first-order valence-electron chi connectivity index (χ1n) is 10.3. The number of carbonyl (C=O) groups is 2. The van der Waals surface area contributed by atoms with Crippen LogP contribution in [-0.2, 0) is 4.79 Å².